The lowest BCUT2D eigenvalue weighted by molar-refractivity contribution is -0.151. The summed E-state index contributed by atoms with van der Waals surface area (Å²) in [6.45, 7) is 0. The maximum Gasteiger partial charge on any atom is 0.419 e. The summed E-state index contributed by atoms with van der Waals surface area (Å²) in [5.41, 5.74) is 2.18. The number of benzene rings is 1. The Morgan fingerprint density at radius 1 is 1.06 bits per heavy atom. The Balaban J connectivity index is 3.30. The second-order valence-corrected chi connectivity index (χ2v) is 3.26. The summed E-state index contributed by atoms with van der Waals surface area (Å²) >= 11 is 0. The zero-order chi connectivity index (χ0) is 13.4. The van der Waals surface area contributed by atoms with E-state index in [2.05, 4.69) is 0 Å². The molecule has 0 saturated carbocycles. The van der Waals surface area contributed by atoms with E-state index in [1.54, 1.807) is 0 Å². The lowest BCUT2D eigenvalue weighted by atomic mass is 10.0. The van der Waals surface area contributed by atoms with Crippen molar-refractivity contribution >= 4 is 0 Å². The summed E-state index contributed by atoms with van der Waals surface area (Å²) in [6.07, 6.45) is -9.87. The second kappa shape index (κ2) is 4.10. The van der Waals surface area contributed by atoms with Crippen LogP contribution in [0.4, 0.5) is 26.3 Å². The third-order valence-corrected chi connectivity index (χ3v) is 2.06. The Hall–Kier alpha value is -1.44. The number of halogens is 6. The second-order valence-electron chi connectivity index (χ2n) is 3.26. The largest absolute Gasteiger partial charge is 0.507 e. The fraction of sp³-hybridized carbons (Fsp3) is 0.333. The van der Waals surface area contributed by atoms with Gasteiger partial charge in [0.15, 0.2) is 0 Å². The van der Waals surface area contributed by atoms with Gasteiger partial charge in [-0.15, -0.1) is 0 Å². The van der Waals surface area contributed by atoms with Crippen LogP contribution in [0.1, 0.15) is 17.2 Å². The van der Waals surface area contributed by atoms with Gasteiger partial charge >= 0.3 is 12.4 Å². The van der Waals surface area contributed by atoms with Crippen LogP contribution in [-0.4, -0.2) is 11.3 Å². The minimum absolute atomic E-state index is 0.474. The third-order valence-electron chi connectivity index (χ3n) is 2.06. The smallest absolute Gasteiger partial charge is 0.419 e. The molecular formula is C9H7F6NO. The summed E-state index contributed by atoms with van der Waals surface area (Å²) < 4.78 is 73.6. The minimum atomic E-state index is -4.94. The van der Waals surface area contributed by atoms with E-state index in [0.29, 0.717) is 12.1 Å². The molecule has 2 nitrogen and oxygen atoms in total. The van der Waals surface area contributed by atoms with Crippen molar-refractivity contribution < 1.29 is 31.4 Å². The molecule has 0 amide bonds. The summed E-state index contributed by atoms with van der Waals surface area (Å²) in [6, 6.07) is -0.737. The Labute approximate surface area is 91.7 Å². The highest BCUT2D eigenvalue weighted by molar-refractivity contribution is 5.44. The molecule has 0 unspecified atom stereocenters. The van der Waals surface area contributed by atoms with Crippen LogP contribution >= 0.6 is 0 Å². The van der Waals surface area contributed by atoms with Gasteiger partial charge in [-0.25, -0.2) is 0 Å². The van der Waals surface area contributed by atoms with Crippen LogP contribution in [0.15, 0.2) is 18.2 Å². The third kappa shape index (κ3) is 2.82. The van der Waals surface area contributed by atoms with Crippen molar-refractivity contribution in [2.75, 3.05) is 0 Å². The molecule has 3 N–H and O–H groups in total. The first kappa shape index (κ1) is 13.6. The molecule has 0 aliphatic rings. The van der Waals surface area contributed by atoms with Crippen molar-refractivity contribution in [2.45, 2.75) is 18.4 Å². The molecule has 1 aromatic rings. The van der Waals surface area contributed by atoms with Gasteiger partial charge in [0.25, 0.3) is 0 Å². The van der Waals surface area contributed by atoms with Crippen molar-refractivity contribution in [3.8, 4) is 5.75 Å². The summed E-state index contributed by atoms with van der Waals surface area (Å²) in [4.78, 5) is 0. The predicted molar refractivity (Wildman–Crippen MR) is 46.1 cm³/mol. The van der Waals surface area contributed by atoms with Crippen molar-refractivity contribution in [2.24, 2.45) is 5.73 Å². The molecule has 0 spiro atoms. The standard InChI is InChI=1S/C9H7F6NO/c10-8(11,12)5-3-1-2-4(6(5)17)7(16)9(13,14)15/h1-3,7,17H,16H2/t7-/m1/s1. The average Bonchev–Trinajstić information content (AvgIpc) is 2.13. The number of hydrogen-bond acceptors (Lipinski definition) is 2. The van der Waals surface area contributed by atoms with E-state index in [1.807, 2.05) is 0 Å². The van der Waals surface area contributed by atoms with E-state index in [4.69, 9.17) is 10.8 Å². The molecular weight excluding hydrogens is 252 g/mol. The quantitative estimate of drug-likeness (QED) is 0.761. The lowest BCUT2D eigenvalue weighted by Gasteiger charge is -2.19. The van der Waals surface area contributed by atoms with Gasteiger partial charge < -0.3 is 10.8 Å². The van der Waals surface area contributed by atoms with Gasteiger partial charge in [-0.3, -0.25) is 0 Å². The fourth-order valence-electron chi connectivity index (χ4n) is 1.22. The van der Waals surface area contributed by atoms with E-state index in [-0.39, 0.29) is 0 Å². The number of para-hydroxylation sites is 1. The monoisotopic (exact) mass is 259 g/mol. The van der Waals surface area contributed by atoms with Crippen molar-refractivity contribution in [3.05, 3.63) is 29.3 Å². The Bertz CT molecular complexity index is 411. The van der Waals surface area contributed by atoms with E-state index in [1.165, 1.54) is 0 Å². The highest BCUT2D eigenvalue weighted by atomic mass is 19.4. The van der Waals surface area contributed by atoms with Gasteiger partial charge in [-0.1, -0.05) is 12.1 Å². The topological polar surface area (TPSA) is 46.2 Å². The first-order valence-corrected chi connectivity index (χ1v) is 4.26. The number of nitrogens with two attached hydrogens (primary N) is 1. The van der Waals surface area contributed by atoms with E-state index in [0.717, 1.165) is 6.07 Å². The molecule has 0 radical (unpaired) electrons. The molecule has 0 saturated heterocycles. The number of phenols is 1. The van der Waals surface area contributed by atoms with Gasteiger partial charge in [0.1, 0.15) is 11.8 Å². The van der Waals surface area contributed by atoms with Crippen LogP contribution in [0.2, 0.25) is 0 Å². The zero-order valence-corrected chi connectivity index (χ0v) is 8.10. The van der Waals surface area contributed by atoms with Crippen LogP contribution in [0.25, 0.3) is 0 Å². The average molecular weight is 259 g/mol. The molecule has 0 bridgehead atoms. The van der Waals surface area contributed by atoms with Crippen LogP contribution in [-0.2, 0) is 6.18 Å². The van der Waals surface area contributed by atoms with Gasteiger partial charge in [0, 0.05) is 5.56 Å². The molecule has 0 fully saturated rings. The molecule has 1 atom stereocenters. The van der Waals surface area contributed by atoms with Crippen molar-refractivity contribution in [1.82, 2.24) is 0 Å². The van der Waals surface area contributed by atoms with Crippen LogP contribution in [0.3, 0.4) is 0 Å². The number of aromatic hydroxyl groups is 1. The normalized spacial score (nSPS) is 14.8. The number of rotatable bonds is 1. The molecule has 1 rings (SSSR count). The lowest BCUT2D eigenvalue weighted by Crippen LogP contribution is -2.28. The molecule has 0 heterocycles. The van der Waals surface area contributed by atoms with Crippen molar-refractivity contribution in [3.63, 3.8) is 0 Å². The minimum Gasteiger partial charge on any atom is -0.507 e. The Kier molecular flexibility index (Phi) is 3.28. The number of hydrogen-bond donors (Lipinski definition) is 2. The molecule has 96 valence electrons. The van der Waals surface area contributed by atoms with E-state index >= 15 is 0 Å². The highest BCUT2D eigenvalue weighted by Crippen LogP contribution is 2.42. The van der Waals surface area contributed by atoms with Crippen LogP contribution in [0.5, 0.6) is 5.75 Å². The molecule has 8 heteroatoms. The summed E-state index contributed by atoms with van der Waals surface area (Å²) in [7, 11) is 0. The van der Waals surface area contributed by atoms with Gasteiger partial charge in [-0.2, -0.15) is 26.3 Å². The molecule has 0 aliphatic carbocycles. The maximum atomic E-state index is 12.3. The van der Waals surface area contributed by atoms with E-state index < -0.39 is 35.3 Å². The SMILES string of the molecule is N[C@H](c1cccc(C(F)(F)F)c1O)C(F)(F)F. The first-order chi connectivity index (χ1) is 7.55. The predicted octanol–water partition coefficient (Wildman–Crippen LogP) is 2.97. The molecule has 17 heavy (non-hydrogen) atoms. The Morgan fingerprint density at radius 2 is 1.59 bits per heavy atom. The van der Waals surface area contributed by atoms with Gasteiger partial charge in [0.2, 0.25) is 0 Å². The maximum absolute atomic E-state index is 12.3. The molecule has 0 aromatic heterocycles. The molecule has 1 aromatic carbocycles. The highest BCUT2D eigenvalue weighted by Gasteiger charge is 2.42. The number of phenolic OH excluding ortho intramolecular Hbond substituents is 1. The Morgan fingerprint density at radius 3 is 2.00 bits per heavy atom. The van der Waals surface area contributed by atoms with Crippen LogP contribution < -0.4 is 5.73 Å². The molecule has 0 aliphatic heterocycles. The van der Waals surface area contributed by atoms with Gasteiger partial charge in [-0.05, 0) is 6.07 Å². The van der Waals surface area contributed by atoms with Crippen molar-refractivity contribution in [1.29, 1.82) is 0 Å². The van der Waals surface area contributed by atoms with Crippen LogP contribution in [0, 0.1) is 0 Å². The van der Waals surface area contributed by atoms with Gasteiger partial charge in [0.05, 0.1) is 5.56 Å². The summed E-state index contributed by atoms with van der Waals surface area (Å²) in [5, 5.41) is 9.16. The first-order valence-electron chi connectivity index (χ1n) is 4.26. The number of alkyl halides is 6. The fourth-order valence-corrected chi connectivity index (χ4v) is 1.22. The zero-order valence-electron chi connectivity index (χ0n) is 8.10. The van der Waals surface area contributed by atoms with E-state index in [9.17, 15) is 26.3 Å². The summed E-state index contributed by atoms with van der Waals surface area (Å²) in [5.74, 6) is -1.50.